The smallest absolute Gasteiger partial charge is 0.103 e. The van der Waals surface area contributed by atoms with E-state index in [0.717, 1.165) is 30.9 Å². The molecule has 1 heterocycles. The summed E-state index contributed by atoms with van der Waals surface area (Å²) in [7, 11) is 5.78. The van der Waals surface area contributed by atoms with E-state index in [0.29, 0.717) is 12.5 Å². The van der Waals surface area contributed by atoms with Gasteiger partial charge in [-0.25, -0.2) is 4.68 Å². The first kappa shape index (κ1) is 13.4. The fourth-order valence-electron chi connectivity index (χ4n) is 1.48. The fraction of sp³-hybridized carbons (Fsp3) is 0.800. The number of aryl methyl sites for hydroxylation is 1. The fourth-order valence-corrected chi connectivity index (χ4v) is 1.69. The summed E-state index contributed by atoms with van der Waals surface area (Å²) in [6.45, 7) is 2.39. The van der Waals surface area contributed by atoms with Crippen LogP contribution < -0.4 is 0 Å². The minimum absolute atomic E-state index is 0.381. The molecule has 1 aromatic rings. The lowest BCUT2D eigenvalue weighted by atomic mass is 10.3. The molecular formula is C10H19ClN4O. The first-order valence-electron chi connectivity index (χ1n) is 5.30. The summed E-state index contributed by atoms with van der Waals surface area (Å²) in [6.07, 6.45) is 1.04. The quantitative estimate of drug-likeness (QED) is 0.677. The number of nitrogens with zero attached hydrogens (tertiary/aromatic N) is 4. The predicted molar refractivity (Wildman–Crippen MR) is 63.5 cm³/mol. The zero-order chi connectivity index (χ0) is 12.0. The van der Waals surface area contributed by atoms with E-state index in [1.54, 1.807) is 7.11 Å². The Morgan fingerprint density at radius 1 is 1.44 bits per heavy atom. The molecule has 0 N–H and O–H groups in total. The van der Waals surface area contributed by atoms with Crippen molar-refractivity contribution in [2.45, 2.75) is 25.5 Å². The lowest BCUT2D eigenvalue weighted by Gasteiger charge is -2.10. The summed E-state index contributed by atoms with van der Waals surface area (Å²) in [5, 5.41) is 8.12. The van der Waals surface area contributed by atoms with Gasteiger partial charge in [-0.15, -0.1) is 16.7 Å². The van der Waals surface area contributed by atoms with Gasteiger partial charge in [0, 0.05) is 13.7 Å². The summed E-state index contributed by atoms with van der Waals surface area (Å²) in [5.41, 5.74) is 1.80. The highest BCUT2D eigenvalue weighted by Gasteiger charge is 2.11. The Labute approximate surface area is 101 Å². The average Bonchev–Trinajstić information content (AvgIpc) is 2.61. The van der Waals surface area contributed by atoms with Gasteiger partial charge in [-0.05, 0) is 27.1 Å². The molecule has 0 aliphatic rings. The highest BCUT2D eigenvalue weighted by molar-refractivity contribution is 6.16. The van der Waals surface area contributed by atoms with Gasteiger partial charge in [0.05, 0.1) is 18.2 Å². The molecule has 0 aliphatic heterocycles. The van der Waals surface area contributed by atoms with Gasteiger partial charge in [0.2, 0.25) is 0 Å². The number of rotatable bonds is 7. The van der Waals surface area contributed by atoms with E-state index in [2.05, 4.69) is 29.3 Å². The van der Waals surface area contributed by atoms with Crippen molar-refractivity contribution in [2.24, 2.45) is 0 Å². The van der Waals surface area contributed by atoms with Gasteiger partial charge in [-0.1, -0.05) is 5.21 Å². The molecule has 92 valence electrons. The van der Waals surface area contributed by atoms with Crippen LogP contribution in [-0.2, 0) is 23.8 Å². The molecule has 0 unspecified atom stereocenters. The number of hydrogen-bond donors (Lipinski definition) is 0. The second-order valence-corrected chi connectivity index (χ2v) is 4.20. The van der Waals surface area contributed by atoms with Crippen molar-refractivity contribution >= 4 is 11.6 Å². The van der Waals surface area contributed by atoms with Gasteiger partial charge in [-0.2, -0.15) is 0 Å². The highest BCUT2D eigenvalue weighted by atomic mass is 35.5. The Morgan fingerprint density at radius 3 is 2.75 bits per heavy atom. The van der Waals surface area contributed by atoms with Gasteiger partial charge in [0.25, 0.3) is 0 Å². The molecule has 0 fully saturated rings. The molecule has 0 aromatic carbocycles. The Balaban J connectivity index is 2.60. The molecule has 0 amide bonds. The van der Waals surface area contributed by atoms with Gasteiger partial charge in [0.15, 0.2) is 0 Å². The zero-order valence-electron chi connectivity index (χ0n) is 10.1. The predicted octanol–water partition coefficient (Wildman–Crippen LogP) is 1.11. The molecule has 0 aliphatic carbocycles. The molecule has 1 aromatic heterocycles. The largest absolute Gasteiger partial charge is 0.378 e. The highest BCUT2D eigenvalue weighted by Crippen LogP contribution is 2.10. The van der Waals surface area contributed by atoms with Gasteiger partial charge in [-0.3, -0.25) is 0 Å². The molecule has 16 heavy (non-hydrogen) atoms. The minimum atomic E-state index is 0.381. The number of alkyl halides is 1. The molecule has 6 heteroatoms. The minimum Gasteiger partial charge on any atom is -0.378 e. The maximum atomic E-state index is 5.79. The van der Waals surface area contributed by atoms with E-state index < -0.39 is 0 Å². The van der Waals surface area contributed by atoms with E-state index in [9.17, 15) is 0 Å². The lowest BCUT2D eigenvalue weighted by molar-refractivity contribution is 0.175. The molecule has 1 rings (SSSR count). The second kappa shape index (κ2) is 6.83. The number of aromatic nitrogens is 3. The van der Waals surface area contributed by atoms with Crippen LogP contribution in [0.2, 0.25) is 0 Å². The van der Waals surface area contributed by atoms with Crippen molar-refractivity contribution in [3.63, 3.8) is 0 Å². The van der Waals surface area contributed by atoms with Gasteiger partial charge in [0.1, 0.15) is 5.69 Å². The first-order valence-corrected chi connectivity index (χ1v) is 5.83. The van der Waals surface area contributed by atoms with Crippen LogP contribution in [0.4, 0.5) is 0 Å². The van der Waals surface area contributed by atoms with E-state index in [1.807, 2.05) is 4.68 Å². The number of ether oxygens (including phenoxy) is 1. The van der Waals surface area contributed by atoms with Gasteiger partial charge < -0.3 is 9.64 Å². The first-order chi connectivity index (χ1) is 7.69. The third-order valence-electron chi connectivity index (χ3n) is 2.30. The molecule has 0 bridgehead atoms. The number of halogens is 1. The Hall–Kier alpha value is -0.650. The molecule has 0 saturated heterocycles. The van der Waals surface area contributed by atoms with E-state index in [4.69, 9.17) is 16.3 Å². The lowest BCUT2D eigenvalue weighted by Crippen LogP contribution is -2.16. The van der Waals surface area contributed by atoms with Crippen LogP contribution in [0.5, 0.6) is 0 Å². The molecule has 5 nitrogen and oxygen atoms in total. The summed E-state index contributed by atoms with van der Waals surface area (Å²) < 4.78 is 7.01. The van der Waals surface area contributed by atoms with Crippen molar-refractivity contribution in [1.82, 2.24) is 19.9 Å². The van der Waals surface area contributed by atoms with Crippen LogP contribution in [0.1, 0.15) is 17.8 Å². The van der Waals surface area contributed by atoms with E-state index in [1.165, 1.54) is 0 Å². The van der Waals surface area contributed by atoms with Crippen LogP contribution in [0.15, 0.2) is 0 Å². The van der Waals surface area contributed by atoms with E-state index in [-0.39, 0.29) is 0 Å². The molecule has 0 atom stereocenters. The van der Waals surface area contributed by atoms with Crippen molar-refractivity contribution in [3.8, 4) is 0 Å². The maximum Gasteiger partial charge on any atom is 0.103 e. The molecule has 0 saturated carbocycles. The Bertz CT molecular complexity index is 314. The Morgan fingerprint density at radius 2 is 2.19 bits per heavy atom. The van der Waals surface area contributed by atoms with Crippen molar-refractivity contribution < 1.29 is 4.74 Å². The normalized spacial score (nSPS) is 11.3. The monoisotopic (exact) mass is 246 g/mol. The summed E-state index contributed by atoms with van der Waals surface area (Å²) in [4.78, 5) is 2.15. The van der Waals surface area contributed by atoms with Crippen LogP contribution >= 0.6 is 11.6 Å². The van der Waals surface area contributed by atoms with Crippen LogP contribution in [0.25, 0.3) is 0 Å². The van der Waals surface area contributed by atoms with Crippen molar-refractivity contribution in [1.29, 1.82) is 0 Å². The van der Waals surface area contributed by atoms with Crippen molar-refractivity contribution in [3.05, 3.63) is 11.4 Å². The van der Waals surface area contributed by atoms with Crippen LogP contribution in [-0.4, -0.2) is 47.6 Å². The zero-order valence-corrected chi connectivity index (χ0v) is 10.9. The summed E-state index contributed by atoms with van der Waals surface area (Å²) in [6, 6.07) is 0. The Kier molecular flexibility index (Phi) is 5.73. The second-order valence-electron chi connectivity index (χ2n) is 3.93. The number of hydrogen-bond acceptors (Lipinski definition) is 4. The summed E-state index contributed by atoms with van der Waals surface area (Å²) in [5.74, 6) is 0.381. The topological polar surface area (TPSA) is 43.2 Å². The SMILES string of the molecule is COCc1c(CCl)nnn1CCCN(C)C. The third-order valence-corrected chi connectivity index (χ3v) is 2.55. The maximum absolute atomic E-state index is 5.79. The molecule has 0 radical (unpaired) electrons. The standard InChI is InChI=1S/C10H19ClN4O/c1-14(2)5-4-6-15-10(8-16-3)9(7-11)12-13-15/h4-8H2,1-3H3. The third kappa shape index (κ3) is 3.73. The van der Waals surface area contributed by atoms with E-state index >= 15 is 0 Å². The van der Waals surface area contributed by atoms with Gasteiger partial charge >= 0.3 is 0 Å². The van der Waals surface area contributed by atoms with Crippen LogP contribution in [0.3, 0.4) is 0 Å². The molecule has 0 spiro atoms. The molecular weight excluding hydrogens is 228 g/mol. The summed E-state index contributed by atoms with van der Waals surface area (Å²) >= 11 is 5.79. The van der Waals surface area contributed by atoms with Crippen LogP contribution in [0, 0.1) is 0 Å². The average molecular weight is 247 g/mol. The number of methoxy groups -OCH3 is 1. The van der Waals surface area contributed by atoms with Crippen molar-refractivity contribution in [2.75, 3.05) is 27.7 Å².